The quantitative estimate of drug-likeness (QED) is 0.162. The molecule has 3 N–H and O–H groups in total. The zero-order chi connectivity index (χ0) is 29.1. The number of aromatic nitrogens is 4. The molecule has 0 radical (unpaired) electrons. The first kappa shape index (κ1) is 29.3. The van der Waals surface area contributed by atoms with Crippen LogP contribution in [-0.4, -0.2) is 74.8 Å². The van der Waals surface area contributed by atoms with Gasteiger partial charge >= 0.3 is 5.97 Å². The Hall–Kier alpha value is -4.18. The molecular formula is C32H38FN7O2. The molecule has 9 nitrogen and oxygen atoms in total. The number of carbonyl (C=O) groups is 1. The van der Waals surface area contributed by atoms with Crippen LogP contribution in [0.2, 0.25) is 0 Å². The van der Waals surface area contributed by atoms with Crippen LogP contribution in [0.15, 0.2) is 60.9 Å². The standard InChI is InChI=1S/C32H38FN7O2/c33-16-7-20-40(19-4-3-10-25-14-13-23-8-6-18-35-29(23)36-25)21-15-28(32(41)42)38-31-26-11-1-2-12-27(26)37-30(39-31)24-9-5-17-34-22-24/h1-2,5,9,11-14,17,22,28H,3-4,6-8,10,15-16,18-21H2,(H,35,36)(H,41,42)(H,37,38,39). The number of nitrogens with zero attached hydrogens (tertiary/aromatic N) is 5. The largest absolute Gasteiger partial charge is 0.480 e. The smallest absolute Gasteiger partial charge is 0.326 e. The van der Waals surface area contributed by atoms with E-state index < -0.39 is 18.7 Å². The molecule has 0 saturated carbocycles. The van der Waals surface area contributed by atoms with Crippen LogP contribution in [0.1, 0.15) is 43.4 Å². The third kappa shape index (κ3) is 7.76. The Kier molecular flexibility index (Phi) is 10.2. The molecule has 0 fully saturated rings. The lowest BCUT2D eigenvalue weighted by molar-refractivity contribution is -0.138. The Morgan fingerprint density at radius 1 is 1.02 bits per heavy atom. The number of aryl methyl sites for hydroxylation is 2. The number of anilines is 2. The highest BCUT2D eigenvalue weighted by molar-refractivity contribution is 5.92. The van der Waals surface area contributed by atoms with Crippen molar-refractivity contribution in [2.45, 2.75) is 51.0 Å². The molecule has 0 bridgehead atoms. The fourth-order valence-corrected chi connectivity index (χ4v) is 5.31. The van der Waals surface area contributed by atoms with Crippen molar-refractivity contribution >= 4 is 28.5 Å². The van der Waals surface area contributed by atoms with Crippen LogP contribution in [-0.2, 0) is 17.6 Å². The highest BCUT2D eigenvalue weighted by Gasteiger charge is 2.21. The van der Waals surface area contributed by atoms with E-state index >= 15 is 0 Å². The number of pyridine rings is 2. The number of aliphatic carboxylic acids is 1. The maximum Gasteiger partial charge on any atom is 0.326 e. The summed E-state index contributed by atoms with van der Waals surface area (Å²) in [6, 6.07) is 14.6. The minimum Gasteiger partial charge on any atom is -0.480 e. The molecule has 1 aliphatic rings. The van der Waals surface area contributed by atoms with Gasteiger partial charge in [-0.25, -0.2) is 19.7 Å². The molecule has 1 aromatic carbocycles. The lowest BCUT2D eigenvalue weighted by Gasteiger charge is -2.24. The average Bonchev–Trinajstić information content (AvgIpc) is 3.03. The van der Waals surface area contributed by atoms with E-state index in [2.05, 4.69) is 42.6 Å². The number of benzene rings is 1. The minimum absolute atomic E-state index is 0.347. The summed E-state index contributed by atoms with van der Waals surface area (Å²) in [5.41, 5.74) is 3.83. The van der Waals surface area contributed by atoms with E-state index in [0.29, 0.717) is 43.1 Å². The maximum atomic E-state index is 13.1. The second-order valence-electron chi connectivity index (χ2n) is 10.7. The average molecular weight is 572 g/mol. The monoisotopic (exact) mass is 571 g/mol. The first-order valence-corrected chi connectivity index (χ1v) is 14.8. The van der Waals surface area contributed by atoms with Crippen molar-refractivity contribution < 1.29 is 14.3 Å². The topological polar surface area (TPSA) is 116 Å². The molecule has 4 aromatic rings. The zero-order valence-corrected chi connectivity index (χ0v) is 23.8. The molecule has 3 aromatic heterocycles. The van der Waals surface area contributed by atoms with Crippen LogP contribution < -0.4 is 10.6 Å². The van der Waals surface area contributed by atoms with Crippen molar-refractivity contribution in [3.05, 3.63) is 72.2 Å². The van der Waals surface area contributed by atoms with Gasteiger partial charge in [-0.05, 0) is 87.4 Å². The molecular weight excluding hydrogens is 533 g/mol. The lowest BCUT2D eigenvalue weighted by Crippen LogP contribution is -2.36. The predicted octanol–water partition coefficient (Wildman–Crippen LogP) is 5.38. The molecule has 1 aliphatic heterocycles. The number of hydrogen-bond donors (Lipinski definition) is 3. The molecule has 0 spiro atoms. The summed E-state index contributed by atoms with van der Waals surface area (Å²) in [5, 5.41) is 17.4. The number of nitrogens with one attached hydrogen (secondary N) is 2. The molecule has 5 rings (SSSR count). The van der Waals surface area contributed by atoms with Gasteiger partial charge in [0.15, 0.2) is 5.82 Å². The van der Waals surface area contributed by atoms with Gasteiger partial charge in [-0.1, -0.05) is 18.2 Å². The third-order valence-corrected chi connectivity index (χ3v) is 7.58. The van der Waals surface area contributed by atoms with Crippen molar-refractivity contribution in [2.24, 2.45) is 0 Å². The second kappa shape index (κ2) is 14.6. The van der Waals surface area contributed by atoms with Crippen LogP contribution in [0.3, 0.4) is 0 Å². The van der Waals surface area contributed by atoms with E-state index in [0.717, 1.165) is 67.7 Å². The van der Waals surface area contributed by atoms with Crippen molar-refractivity contribution in [1.29, 1.82) is 0 Å². The summed E-state index contributed by atoms with van der Waals surface area (Å²) >= 11 is 0. The summed E-state index contributed by atoms with van der Waals surface area (Å²) in [4.78, 5) is 32.8. The second-order valence-corrected chi connectivity index (χ2v) is 10.7. The SMILES string of the molecule is O=C(O)C(CCN(CCCF)CCCCc1ccc2c(n1)NCCC2)Nc1nc(-c2cccnc2)nc2ccccc12. The van der Waals surface area contributed by atoms with Crippen molar-refractivity contribution in [3.63, 3.8) is 0 Å². The van der Waals surface area contributed by atoms with E-state index in [1.807, 2.05) is 36.4 Å². The number of hydrogen-bond acceptors (Lipinski definition) is 8. The van der Waals surface area contributed by atoms with Gasteiger partial charge in [0, 0.05) is 48.7 Å². The molecule has 0 amide bonds. The number of para-hydroxylation sites is 1. The van der Waals surface area contributed by atoms with Crippen LogP contribution in [0, 0.1) is 0 Å². The van der Waals surface area contributed by atoms with Gasteiger partial charge in [0.05, 0.1) is 12.2 Å². The Labute approximate surface area is 245 Å². The Morgan fingerprint density at radius 2 is 1.90 bits per heavy atom. The Morgan fingerprint density at radius 3 is 2.74 bits per heavy atom. The van der Waals surface area contributed by atoms with Crippen molar-refractivity contribution in [3.8, 4) is 11.4 Å². The number of alkyl halides is 1. The van der Waals surface area contributed by atoms with Gasteiger partial charge in [-0.3, -0.25) is 9.37 Å². The normalized spacial score (nSPS) is 13.5. The van der Waals surface area contributed by atoms with Crippen LogP contribution >= 0.6 is 0 Å². The summed E-state index contributed by atoms with van der Waals surface area (Å²) in [7, 11) is 0. The molecule has 1 unspecified atom stereocenters. The van der Waals surface area contributed by atoms with E-state index in [1.165, 1.54) is 5.56 Å². The summed E-state index contributed by atoms with van der Waals surface area (Å²) in [6.45, 7) is 2.47. The summed E-state index contributed by atoms with van der Waals surface area (Å²) < 4.78 is 13.1. The fraction of sp³-hybridized carbons (Fsp3) is 0.406. The van der Waals surface area contributed by atoms with Gasteiger partial charge in [0.25, 0.3) is 0 Å². The highest BCUT2D eigenvalue weighted by Crippen LogP contribution is 2.26. The molecule has 0 saturated heterocycles. The molecule has 4 heterocycles. The zero-order valence-electron chi connectivity index (χ0n) is 23.8. The lowest BCUT2D eigenvalue weighted by atomic mass is 10.1. The highest BCUT2D eigenvalue weighted by atomic mass is 19.1. The van der Waals surface area contributed by atoms with Gasteiger partial charge in [-0.15, -0.1) is 0 Å². The van der Waals surface area contributed by atoms with Crippen LogP contribution in [0.4, 0.5) is 16.0 Å². The van der Waals surface area contributed by atoms with Gasteiger partial charge in [-0.2, -0.15) is 0 Å². The number of halogens is 1. The van der Waals surface area contributed by atoms with Gasteiger partial charge in [0.1, 0.15) is 17.7 Å². The summed E-state index contributed by atoms with van der Waals surface area (Å²) in [6.07, 6.45) is 9.12. The van der Waals surface area contributed by atoms with E-state index in [9.17, 15) is 14.3 Å². The molecule has 42 heavy (non-hydrogen) atoms. The fourth-order valence-electron chi connectivity index (χ4n) is 5.31. The maximum absolute atomic E-state index is 13.1. The van der Waals surface area contributed by atoms with Crippen LogP contribution in [0.25, 0.3) is 22.3 Å². The third-order valence-electron chi connectivity index (χ3n) is 7.58. The van der Waals surface area contributed by atoms with Crippen molar-refractivity contribution in [1.82, 2.24) is 24.8 Å². The van der Waals surface area contributed by atoms with Gasteiger partial charge < -0.3 is 20.6 Å². The van der Waals surface area contributed by atoms with Crippen LogP contribution in [0.5, 0.6) is 0 Å². The van der Waals surface area contributed by atoms with Crippen molar-refractivity contribution in [2.75, 3.05) is 43.5 Å². The molecule has 220 valence electrons. The number of fused-ring (bicyclic) bond motifs is 2. The summed E-state index contributed by atoms with van der Waals surface area (Å²) in [5.74, 6) is 0.995. The predicted molar refractivity (Wildman–Crippen MR) is 163 cm³/mol. The Balaban J connectivity index is 1.21. The molecule has 10 heteroatoms. The van der Waals surface area contributed by atoms with E-state index in [-0.39, 0.29) is 0 Å². The molecule has 1 atom stereocenters. The minimum atomic E-state index is -0.960. The van der Waals surface area contributed by atoms with Gasteiger partial charge in [0.2, 0.25) is 0 Å². The van der Waals surface area contributed by atoms with E-state index in [4.69, 9.17) is 4.98 Å². The molecule has 0 aliphatic carbocycles. The first-order valence-electron chi connectivity index (χ1n) is 14.8. The van der Waals surface area contributed by atoms with E-state index in [1.54, 1.807) is 12.4 Å². The number of unbranched alkanes of at least 4 members (excludes halogenated alkanes) is 1. The number of carboxylic acids is 1. The first-order chi connectivity index (χ1) is 20.6. The Bertz CT molecular complexity index is 1470. The number of rotatable bonds is 15. The number of carboxylic acid groups (broad SMARTS) is 1.